The van der Waals surface area contributed by atoms with Crippen LogP contribution in [0.25, 0.3) is 0 Å². The predicted molar refractivity (Wildman–Crippen MR) is 120 cm³/mol. The van der Waals surface area contributed by atoms with Crippen molar-refractivity contribution in [2.24, 2.45) is 11.3 Å². The third-order valence-electron chi connectivity index (χ3n) is 6.66. The summed E-state index contributed by atoms with van der Waals surface area (Å²) in [6, 6.07) is 3.55. The van der Waals surface area contributed by atoms with Gasteiger partial charge in [0.05, 0.1) is 17.1 Å². The molecule has 2 unspecified atom stereocenters. The highest BCUT2D eigenvalue weighted by atomic mass is 79.9. The van der Waals surface area contributed by atoms with Gasteiger partial charge in [0.2, 0.25) is 0 Å². The zero-order chi connectivity index (χ0) is 20.9. The number of thiophene rings is 1. The Labute approximate surface area is 184 Å². The smallest absolute Gasteiger partial charge is 0.256 e. The van der Waals surface area contributed by atoms with Gasteiger partial charge in [-0.05, 0) is 69.8 Å². The average molecular weight is 479 g/mol. The lowest BCUT2D eigenvalue weighted by molar-refractivity contribution is 0.0934. The molecule has 1 aromatic carbocycles. The Morgan fingerprint density at radius 1 is 1.34 bits per heavy atom. The zero-order valence-electron chi connectivity index (χ0n) is 17.2. The first kappa shape index (κ1) is 20.5. The minimum Gasteiger partial charge on any atom is -0.503 e. The van der Waals surface area contributed by atoms with Crippen molar-refractivity contribution in [2.45, 2.75) is 52.6 Å². The molecule has 29 heavy (non-hydrogen) atoms. The number of aromatic hydroxyl groups is 1. The van der Waals surface area contributed by atoms with Gasteiger partial charge in [0.25, 0.3) is 5.91 Å². The van der Waals surface area contributed by atoms with Gasteiger partial charge in [0.1, 0.15) is 11.2 Å². The number of benzene rings is 1. The van der Waals surface area contributed by atoms with E-state index in [0.717, 1.165) is 41.8 Å². The van der Waals surface area contributed by atoms with Crippen molar-refractivity contribution in [3.8, 4) is 11.5 Å². The number of fused-ring (bicyclic) bond motifs is 3. The van der Waals surface area contributed by atoms with E-state index in [1.165, 1.54) is 17.6 Å². The third-order valence-corrected chi connectivity index (χ3v) is 8.45. The maximum Gasteiger partial charge on any atom is 0.256 e. The second-order valence-electron chi connectivity index (χ2n) is 8.59. The molecule has 0 bridgehead atoms. The number of anilines is 1. The number of ether oxygens (including phenoxy) is 1. The van der Waals surface area contributed by atoms with Gasteiger partial charge < -0.3 is 20.5 Å². The molecular formula is C22H27BrN2O3S. The Bertz CT molecular complexity index is 969. The molecule has 0 saturated carbocycles. The zero-order valence-corrected chi connectivity index (χ0v) is 19.6. The molecule has 1 aliphatic carbocycles. The van der Waals surface area contributed by atoms with Gasteiger partial charge in [-0.15, -0.1) is 11.3 Å². The number of carbonyl (C=O) groups is 1. The topological polar surface area (TPSA) is 70.6 Å². The summed E-state index contributed by atoms with van der Waals surface area (Å²) in [5.41, 5.74) is 3.18. The molecular weight excluding hydrogens is 452 g/mol. The van der Waals surface area contributed by atoms with Crippen LogP contribution in [0.4, 0.5) is 5.00 Å². The van der Waals surface area contributed by atoms with Crippen LogP contribution in [0.15, 0.2) is 16.6 Å². The maximum absolute atomic E-state index is 13.0. The molecule has 3 N–H and O–H groups in total. The van der Waals surface area contributed by atoms with Crippen LogP contribution in [-0.4, -0.2) is 18.1 Å². The predicted octanol–water partition coefficient (Wildman–Crippen LogP) is 5.62. The van der Waals surface area contributed by atoms with Crippen LogP contribution >= 0.6 is 27.3 Å². The van der Waals surface area contributed by atoms with Crippen LogP contribution in [-0.2, 0) is 12.8 Å². The molecule has 156 valence electrons. The van der Waals surface area contributed by atoms with Crippen molar-refractivity contribution in [2.75, 3.05) is 12.4 Å². The van der Waals surface area contributed by atoms with E-state index in [-0.39, 0.29) is 17.8 Å². The van der Waals surface area contributed by atoms with Gasteiger partial charge in [-0.2, -0.15) is 0 Å². The molecule has 2 aromatic rings. The normalized spacial score (nSPS) is 21.1. The largest absolute Gasteiger partial charge is 0.503 e. The van der Waals surface area contributed by atoms with Crippen LogP contribution in [0.1, 0.15) is 66.1 Å². The summed E-state index contributed by atoms with van der Waals surface area (Å²) < 4.78 is 5.79. The summed E-state index contributed by atoms with van der Waals surface area (Å²) in [4.78, 5) is 14.4. The Hall–Kier alpha value is -1.73. The molecule has 0 saturated heterocycles. The van der Waals surface area contributed by atoms with E-state index in [1.807, 2.05) is 0 Å². The summed E-state index contributed by atoms with van der Waals surface area (Å²) in [6.45, 7) is 6.97. The SMILES string of the molecule is CCC(C)(C)C1CCc2c(sc3c2C(=O)NC(c2cc(Br)c(O)c(OC)c2)N3)C1. The van der Waals surface area contributed by atoms with Crippen molar-refractivity contribution in [1.29, 1.82) is 0 Å². The summed E-state index contributed by atoms with van der Waals surface area (Å²) in [5, 5.41) is 17.6. The van der Waals surface area contributed by atoms with E-state index in [0.29, 0.717) is 21.6 Å². The third kappa shape index (κ3) is 3.52. The van der Waals surface area contributed by atoms with Crippen molar-refractivity contribution in [3.05, 3.63) is 38.2 Å². The average Bonchev–Trinajstić information content (AvgIpc) is 3.07. The quantitative estimate of drug-likeness (QED) is 0.533. The van der Waals surface area contributed by atoms with Gasteiger partial charge in [0, 0.05) is 4.88 Å². The van der Waals surface area contributed by atoms with Crippen molar-refractivity contribution < 1.29 is 14.6 Å². The van der Waals surface area contributed by atoms with Gasteiger partial charge in [-0.25, -0.2) is 0 Å². The van der Waals surface area contributed by atoms with Gasteiger partial charge >= 0.3 is 0 Å². The lowest BCUT2D eigenvalue weighted by atomic mass is 9.69. The Balaban J connectivity index is 1.65. The van der Waals surface area contributed by atoms with E-state index >= 15 is 0 Å². The maximum atomic E-state index is 13.0. The van der Waals surface area contributed by atoms with Crippen molar-refractivity contribution in [3.63, 3.8) is 0 Å². The number of nitrogens with one attached hydrogen (secondary N) is 2. The van der Waals surface area contributed by atoms with Gasteiger partial charge in [-0.3, -0.25) is 4.79 Å². The standard InChI is InChI=1S/C22H27BrN2O3S/c1-5-22(2,3)12-6-7-13-16(10-12)29-21-17(13)20(27)24-19(25-21)11-8-14(23)18(26)15(9-11)28-4/h8-9,12,19,25-26H,5-7,10H2,1-4H3,(H,24,27). The lowest BCUT2D eigenvalue weighted by Gasteiger charge is -2.36. The second-order valence-corrected chi connectivity index (χ2v) is 10.6. The van der Waals surface area contributed by atoms with E-state index < -0.39 is 0 Å². The number of rotatable bonds is 4. The summed E-state index contributed by atoms with van der Waals surface area (Å²) in [6.07, 6.45) is 3.94. The molecule has 2 atom stereocenters. The van der Waals surface area contributed by atoms with E-state index in [4.69, 9.17) is 4.74 Å². The molecule has 2 heterocycles. The molecule has 2 aliphatic rings. The van der Waals surface area contributed by atoms with Crippen LogP contribution in [0.3, 0.4) is 0 Å². The number of phenols is 1. The Kier molecular flexibility index (Phi) is 5.32. The van der Waals surface area contributed by atoms with Crippen molar-refractivity contribution in [1.82, 2.24) is 5.32 Å². The number of halogens is 1. The van der Waals surface area contributed by atoms with Crippen molar-refractivity contribution >= 4 is 38.2 Å². The molecule has 5 nitrogen and oxygen atoms in total. The fraction of sp³-hybridized carbons (Fsp3) is 0.500. The van der Waals surface area contributed by atoms with Crippen LogP contribution in [0.2, 0.25) is 0 Å². The fourth-order valence-electron chi connectivity index (χ4n) is 4.34. The molecule has 1 aromatic heterocycles. The minimum absolute atomic E-state index is 0.0300. The van der Waals surface area contributed by atoms with Crippen LogP contribution in [0.5, 0.6) is 11.5 Å². The molecule has 1 aliphatic heterocycles. The number of hydrogen-bond donors (Lipinski definition) is 3. The Morgan fingerprint density at radius 3 is 2.79 bits per heavy atom. The number of hydrogen-bond acceptors (Lipinski definition) is 5. The number of carbonyl (C=O) groups excluding carboxylic acids is 1. The first-order valence-electron chi connectivity index (χ1n) is 10.0. The monoisotopic (exact) mass is 478 g/mol. The molecule has 0 fully saturated rings. The highest BCUT2D eigenvalue weighted by Gasteiger charge is 2.37. The summed E-state index contributed by atoms with van der Waals surface area (Å²) in [5.74, 6) is 1.04. The molecule has 1 amide bonds. The number of methoxy groups -OCH3 is 1. The molecule has 7 heteroatoms. The van der Waals surface area contributed by atoms with E-state index in [1.54, 1.807) is 23.5 Å². The highest BCUT2D eigenvalue weighted by Crippen LogP contribution is 2.47. The molecule has 0 radical (unpaired) electrons. The van der Waals surface area contributed by atoms with Gasteiger partial charge in [0.15, 0.2) is 11.5 Å². The fourth-order valence-corrected chi connectivity index (χ4v) is 6.15. The first-order chi connectivity index (χ1) is 13.7. The van der Waals surface area contributed by atoms with Crippen LogP contribution < -0.4 is 15.4 Å². The highest BCUT2D eigenvalue weighted by molar-refractivity contribution is 9.10. The second kappa shape index (κ2) is 7.51. The molecule has 4 rings (SSSR count). The summed E-state index contributed by atoms with van der Waals surface area (Å²) in [7, 11) is 1.51. The van der Waals surface area contributed by atoms with E-state index in [2.05, 4.69) is 47.3 Å². The minimum atomic E-state index is -0.371. The van der Waals surface area contributed by atoms with Crippen LogP contribution in [0, 0.1) is 11.3 Å². The summed E-state index contributed by atoms with van der Waals surface area (Å²) >= 11 is 5.08. The Morgan fingerprint density at radius 2 is 2.10 bits per heavy atom. The number of amides is 1. The lowest BCUT2D eigenvalue weighted by Crippen LogP contribution is -2.38. The molecule has 0 spiro atoms. The van der Waals surface area contributed by atoms with E-state index in [9.17, 15) is 9.90 Å². The van der Waals surface area contributed by atoms with Gasteiger partial charge in [-0.1, -0.05) is 27.2 Å². The number of phenolic OH excluding ortho intramolecular Hbond substituents is 1. The first-order valence-corrected chi connectivity index (χ1v) is 11.6.